The number of aryl methyl sites for hydroxylation is 1. The first-order chi connectivity index (χ1) is 17.4. The Labute approximate surface area is 207 Å². The van der Waals surface area contributed by atoms with Crippen LogP contribution in [0.25, 0.3) is 33.2 Å². The van der Waals surface area contributed by atoms with Gasteiger partial charge in [0, 0.05) is 41.8 Å². The maximum absolute atomic E-state index is 14.5. The summed E-state index contributed by atoms with van der Waals surface area (Å²) in [5.41, 5.74) is 11.1. The lowest BCUT2D eigenvalue weighted by Crippen LogP contribution is -2.50. The van der Waals surface area contributed by atoms with Crippen LogP contribution in [-0.4, -0.2) is 46.7 Å². The molecule has 6 nitrogen and oxygen atoms in total. The number of hydrogen-bond donors (Lipinski definition) is 3. The van der Waals surface area contributed by atoms with Crippen molar-refractivity contribution in [1.29, 1.82) is 0 Å². The van der Waals surface area contributed by atoms with Crippen LogP contribution in [0.1, 0.15) is 17.5 Å². The third-order valence-electron chi connectivity index (χ3n) is 6.69. The van der Waals surface area contributed by atoms with Crippen molar-refractivity contribution in [2.75, 3.05) is 18.0 Å². The molecule has 36 heavy (non-hydrogen) atoms. The topological polar surface area (TPSA) is 95.0 Å². The zero-order valence-corrected chi connectivity index (χ0v) is 19.7. The van der Waals surface area contributed by atoms with E-state index in [1.54, 1.807) is 18.3 Å². The molecule has 1 aliphatic rings. The molecule has 1 saturated heterocycles. The molecule has 0 spiro atoms. The Morgan fingerprint density at radius 1 is 1.08 bits per heavy atom. The number of rotatable bonds is 4. The van der Waals surface area contributed by atoms with E-state index >= 15 is 0 Å². The van der Waals surface area contributed by atoms with Crippen molar-refractivity contribution >= 4 is 22.8 Å². The van der Waals surface area contributed by atoms with Gasteiger partial charge >= 0.3 is 0 Å². The summed E-state index contributed by atoms with van der Waals surface area (Å²) in [6.07, 6.45) is 2.66. The largest absolute Gasteiger partial charge is 0.411 e. The van der Waals surface area contributed by atoms with Crippen molar-refractivity contribution in [3.05, 3.63) is 83.6 Å². The number of pyridine rings is 1. The third-order valence-corrected chi connectivity index (χ3v) is 6.69. The molecule has 1 aromatic heterocycles. The Morgan fingerprint density at radius 3 is 2.67 bits per heavy atom. The summed E-state index contributed by atoms with van der Waals surface area (Å²) in [6.45, 7) is 2.75. The van der Waals surface area contributed by atoms with Gasteiger partial charge in [0.2, 0.25) is 0 Å². The number of nitrogens with zero attached hydrogens (tertiary/aromatic N) is 3. The molecule has 0 amide bonds. The molecule has 184 valence electrons. The van der Waals surface area contributed by atoms with Crippen LogP contribution in [0.5, 0.6) is 0 Å². The monoisotopic (exact) mass is 488 g/mol. The minimum absolute atomic E-state index is 0.158. The highest BCUT2D eigenvalue weighted by Gasteiger charge is 2.28. The Bertz CT molecular complexity index is 1450. The molecule has 4 N–H and O–H groups in total. The summed E-state index contributed by atoms with van der Waals surface area (Å²) >= 11 is 0. The molecule has 4 aromatic rings. The Hall–Kier alpha value is -3.88. The van der Waals surface area contributed by atoms with Gasteiger partial charge in [-0.2, -0.15) is 0 Å². The number of benzene rings is 3. The van der Waals surface area contributed by atoms with Gasteiger partial charge in [0.25, 0.3) is 0 Å². The van der Waals surface area contributed by atoms with Crippen LogP contribution in [0.4, 0.5) is 14.5 Å². The molecule has 2 heterocycles. The number of hydrogen-bond acceptors (Lipinski definition) is 6. The molecule has 0 saturated carbocycles. The van der Waals surface area contributed by atoms with E-state index in [0.29, 0.717) is 41.7 Å². The van der Waals surface area contributed by atoms with Gasteiger partial charge in [-0.05, 0) is 65.9 Å². The lowest BCUT2D eigenvalue weighted by atomic mass is 9.94. The SMILES string of the molecule is Cc1cc(F)cc(-c2cnc3ccc(-c4cccc(F)c4/C=N/O)cc3c2N2CC[C@@H](N)[C@@H](O)C2)c1. The number of aliphatic hydroxyl groups is 1. The van der Waals surface area contributed by atoms with Crippen molar-refractivity contribution in [2.24, 2.45) is 10.9 Å². The van der Waals surface area contributed by atoms with Crippen molar-refractivity contribution in [3.63, 3.8) is 0 Å². The molecule has 0 bridgehead atoms. The number of aliphatic hydroxyl groups excluding tert-OH is 1. The minimum atomic E-state index is -0.720. The number of aromatic nitrogens is 1. The van der Waals surface area contributed by atoms with Gasteiger partial charge in [-0.25, -0.2) is 8.78 Å². The van der Waals surface area contributed by atoms with Crippen LogP contribution in [0.2, 0.25) is 0 Å². The summed E-state index contributed by atoms with van der Waals surface area (Å²) in [6, 6.07) is 14.7. The molecule has 1 aliphatic heterocycles. The van der Waals surface area contributed by atoms with Gasteiger partial charge in [0.05, 0.1) is 23.5 Å². The Balaban J connectivity index is 1.77. The zero-order chi connectivity index (χ0) is 25.4. The Kier molecular flexibility index (Phi) is 6.38. The fourth-order valence-electron chi connectivity index (χ4n) is 4.92. The second-order valence-corrected chi connectivity index (χ2v) is 9.18. The summed E-state index contributed by atoms with van der Waals surface area (Å²) in [4.78, 5) is 6.70. The second-order valence-electron chi connectivity index (χ2n) is 9.18. The van der Waals surface area contributed by atoms with E-state index in [4.69, 9.17) is 10.9 Å². The minimum Gasteiger partial charge on any atom is -0.411 e. The van der Waals surface area contributed by atoms with E-state index in [1.165, 1.54) is 18.2 Å². The smallest absolute Gasteiger partial charge is 0.132 e. The molecule has 8 heteroatoms. The maximum Gasteiger partial charge on any atom is 0.132 e. The predicted octanol–water partition coefficient (Wildman–Crippen LogP) is 4.86. The maximum atomic E-state index is 14.5. The van der Waals surface area contributed by atoms with Crippen molar-refractivity contribution < 1.29 is 19.1 Å². The van der Waals surface area contributed by atoms with E-state index in [-0.39, 0.29) is 17.4 Å². The zero-order valence-electron chi connectivity index (χ0n) is 19.7. The number of piperidine rings is 1. The normalized spacial score (nSPS) is 18.3. The molecule has 1 fully saturated rings. The van der Waals surface area contributed by atoms with Crippen LogP contribution in [-0.2, 0) is 0 Å². The van der Waals surface area contributed by atoms with Gasteiger partial charge < -0.3 is 20.9 Å². The second kappa shape index (κ2) is 9.64. The third kappa shape index (κ3) is 4.41. The van der Waals surface area contributed by atoms with Crippen molar-refractivity contribution in [2.45, 2.75) is 25.5 Å². The highest BCUT2D eigenvalue weighted by molar-refractivity contribution is 6.03. The van der Waals surface area contributed by atoms with Crippen molar-refractivity contribution in [3.8, 4) is 22.3 Å². The highest BCUT2D eigenvalue weighted by atomic mass is 19.1. The molecule has 2 atom stereocenters. The van der Waals surface area contributed by atoms with E-state index < -0.39 is 11.9 Å². The first kappa shape index (κ1) is 23.8. The van der Waals surface area contributed by atoms with Gasteiger partial charge in [-0.3, -0.25) is 4.98 Å². The predicted molar refractivity (Wildman–Crippen MR) is 137 cm³/mol. The summed E-state index contributed by atoms with van der Waals surface area (Å²) in [7, 11) is 0. The number of β-amino-alcohol motifs (C(OH)–C–C–N with tert-alkyl or cyclic N) is 1. The summed E-state index contributed by atoms with van der Waals surface area (Å²) in [5.74, 6) is -0.862. The molecule has 5 rings (SSSR count). The van der Waals surface area contributed by atoms with Crippen LogP contribution in [0.15, 0.2) is 65.9 Å². The quantitative estimate of drug-likeness (QED) is 0.217. The van der Waals surface area contributed by atoms with E-state index in [2.05, 4.69) is 15.0 Å². The number of nitrogens with two attached hydrogens (primary N) is 1. The molecule has 0 unspecified atom stereocenters. The number of oxime groups is 1. The number of fused-ring (bicyclic) bond motifs is 1. The fraction of sp³-hybridized carbons (Fsp3) is 0.214. The lowest BCUT2D eigenvalue weighted by molar-refractivity contribution is 0.132. The standard InChI is InChI=1S/C28H26F2N4O2/c1-16-9-18(11-19(29)10-16)22-13-32-26-6-5-17(20-3-2-4-24(30)23(20)14-33-36)12-21(26)28(22)34-8-7-25(31)27(35)15-34/h2-6,9-14,25,27,35-36H,7-8,15,31H2,1H3/b33-14+/t25-,27+/m1/s1. The van der Waals surface area contributed by atoms with Gasteiger partial charge in [0.1, 0.15) is 11.6 Å². The summed E-state index contributed by atoms with van der Waals surface area (Å²) < 4.78 is 28.9. The molecule has 3 aromatic carbocycles. The molecular formula is C28H26F2N4O2. The van der Waals surface area contributed by atoms with E-state index in [9.17, 15) is 13.9 Å². The number of anilines is 1. The molecular weight excluding hydrogens is 462 g/mol. The Morgan fingerprint density at radius 2 is 1.92 bits per heavy atom. The average Bonchev–Trinajstić information content (AvgIpc) is 2.85. The first-order valence-corrected chi connectivity index (χ1v) is 11.7. The van der Waals surface area contributed by atoms with E-state index in [0.717, 1.165) is 28.4 Å². The summed E-state index contributed by atoms with van der Waals surface area (Å²) in [5, 5.41) is 23.4. The van der Waals surface area contributed by atoms with Crippen LogP contribution >= 0.6 is 0 Å². The van der Waals surface area contributed by atoms with Gasteiger partial charge in [-0.1, -0.05) is 29.4 Å². The van der Waals surface area contributed by atoms with Crippen LogP contribution in [0, 0.1) is 18.6 Å². The first-order valence-electron chi connectivity index (χ1n) is 11.7. The fourth-order valence-corrected chi connectivity index (χ4v) is 4.92. The van der Waals surface area contributed by atoms with Gasteiger partial charge in [-0.15, -0.1) is 0 Å². The highest BCUT2D eigenvalue weighted by Crippen LogP contribution is 2.40. The molecule has 0 aliphatic carbocycles. The average molecular weight is 489 g/mol. The number of halogens is 2. The van der Waals surface area contributed by atoms with E-state index in [1.807, 2.05) is 31.2 Å². The lowest BCUT2D eigenvalue weighted by Gasteiger charge is -2.37. The van der Waals surface area contributed by atoms with Crippen molar-refractivity contribution in [1.82, 2.24) is 4.98 Å². The van der Waals surface area contributed by atoms with Crippen LogP contribution < -0.4 is 10.6 Å². The van der Waals surface area contributed by atoms with Crippen LogP contribution in [0.3, 0.4) is 0 Å². The molecule has 0 radical (unpaired) electrons. The van der Waals surface area contributed by atoms with Gasteiger partial charge in [0.15, 0.2) is 0 Å².